The number of rotatable bonds is 7. The molecule has 0 unspecified atom stereocenters. The Kier molecular flexibility index (Phi) is 4.95. The maximum atomic E-state index is 12.2. The van der Waals surface area contributed by atoms with E-state index in [1.54, 1.807) is 18.2 Å². The van der Waals surface area contributed by atoms with Crippen molar-refractivity contribution < 1.29 is 9.59 Å². The van der Waals surface area contributed by atoms with Crippen molar-refractivity contribution in [2.24, 2.45) is 5.73 Å². The van der Waals surface area contributed by atoms with Crippen LogP contribution >= 0.6 is 11.6 Å². The molecular weight excluding hydrogens is 338 g/mol. The molecule has 0 radical (unpaired) electrons. The van der Waals surface area contributed by atoms with Crippen molar-refractivity contribution in [3.05, 3.63) is 64.7 Å². The van der Waals surface area contributed by atoms with Crippen molar-refractivity contribution >= 4 is 29.1 Å². The minimum Gasteiger partial charge on any atom is -0.375 e. The molecule has 1 aliphatic rings. The van der Waals surface area contributed by atoms with Crippen molar-refractivity contribution in [2.45, 2.75) is 18.3 Å². The Morgan fingerprint density at radius 2 is 1.84 bits per heavy atom. The van der Waals surface area contributed by atoms with Crippen LogP contribution in [0, 0.1) is 0 Å². The fourth-order valence-electron chi connectivity index (χ4n) is 2.89. The molecule has 0 aliphatic heterocycles. The number of carbonyl (C=O) groups is 2. The van der Waals surface area contributed by atoms with Crippen LogP contribution in [0.25, 0.3) is 0 Å². The lowest BCUT2D eigenvalue weighted by Gasteiger charge is -2.17. The quantitative estimate of drug-likeness (QED) is 0.712. The lowest BCUT2D eigenvalue weighted by molar-refractivity contribution is -0.119. The topological polar surface area (TPSA) is 84.2 Å². The van der Waals surface area contributed by atoms with E-state index in [9.17, 15) is 9.59 Å². The normalized spacial score (nSPS) is 14.6. The molecule has 3 rings (SSSR count). The highest BCUT2D eigenvalue weighted by Crippen LogP contribution is 2.47. The maximum absolute atomic E-state index is 12.2. The number of carbonyl (C=O) groups excluding carboxylic acids is 2. The molecule has 0 bridgehead atoms. The number of primary amides is 1. The number of anilines is 1. The molecule has 2 aromatic rings. The van der Waals surface area contributed by atoms with Gasteiger partial charge in [0.1, 0.15) is 0 Å². The second-order valence-electron chi connectivity index (χ2n) is 6.33. The summed E-state index contributed by atoms with van der Waals surface area (Å²) in [5.74, 6) is -0.710. The molecule has 1 aliphatic carbocycles. The average molecular weight is 358 g/mol. The molecule has 130 valence electrons. The second kappa shape index (κ2) is 7.15. The van der Waals surface area contributed by atoms with Crippen LogP contribution in [0.5, 0.6) is 0 Å². The first-order valence-corrected chi connectivity index (χ1v) is 8.53. The van der Waals surface area contributed by atoms with E-state index in [0.717, 1.165) is 12.8 Å². The third kappa shape index (κ3) is 4.12. The Labute approximate surface area is 151 Å². The Hall–Kier alpha value is -2.53. The van der Waals surface area contributed by atoms with E-state index in [0.29, 0.717) is 22.8 Å². The van der Waals surface area contributed by atoms with E-state index in [2.05, 4.69) is 22.8 Å². The van der Waals surface area contributed by atoms with Gasteiger partial charge in [0.05, 0.1) is 12.1 Å². The van der Waals surface area contributed by atoms with Crippen LogP contribution < -0.4 is 16.4 Å². The average Bonchev–Trinajstić information content (AvgIpc) is 3.40. The van der Waals surface area contributed by atoms with E-state index >= 15 is 0 Å². The maximum Gasteiger partial charge on any atom is 0.250 e. The van der Waals surface area contributed by atoms with Gasteiger partial charge in [-0.25, -0.2) is 0 Å². The van der Waals surface area contributed by atoms with Crippen molar-refractivity contribution in [1.82, 2.24) is 5.32 Å². The monoisotopic (exact) mass is 357 g/mol. The van der Waals surface area contributed by atoms with Gasteiger partial charge >= 0.3 is 0 Å². The van der Waals surface area contributed by atoms with Crippen LogP contribution in [-0.4, -0.2) is 24.9 Å². The van der Waals surface area contributed by atoms with Crippen LogP contribution in [-0.2, 0) is 10.2 Å². The highest BCUT2D eigenvalue weighted by Gasteiger charge is 2.44. The van der Waals surface area contributed by atoms with Crippen molar-refractivity contribution in [1.29, 1.82) is 0 Å². The van der Waals surface area contributed by atoms with Gasteiger partial charge < -0.3 is 16.4 Å². The fourth-order valence-corrected chi connectivity index (χ4v) is 3.07. The minimum absolute atomic E-state index is 0.0471. The Bertz CT molecular complexity index is 789. The zero-order chi connectivity index (χ0) is 17.9. The van der Waals surface area contributed by atoms with Gasteiger partial charge in [-0.2, -0.15) is 0 Å². The summed E-state index contributed by atoms with van der Waals surface area (Å²) < 4.78 is 0. The van der Waals surface area contributed by atoms with Gasteiger partial charge in [0.25, 0.3) is 5.91 Å². The molecule has 2 aromatic carbocycles. The van der Waals surface area contributed by atoms with Gasteiger partial charge in [0.15, 0.2) is 0 Å². The van der Waals surface area contributed by atoms with Crippen molar-refractivity contribution in [3.63, 3.8) is 0 Å². The van der Waals surface area contributed by atoms with E-state index in [4.69, 9.17) is 17.3 Å². The largest absolute Gasteiger partial charge is 0.375 e. The summed E-state index contributed by atoms with van der Waals surface area (Å²) in [5, 5.41) is 6.37. The van der Waals surface area contributed by atoms with Crippen LogP contribution in [0.15, 0.2) is 48.5 Å². The number of hydrogen-bond acceptors (Lipinski definition) is 3. The highest BCUT2D eigenvalue weighted by molar-refractivity contribution is 6.31. The SMILES string of the molecule is NC(=O)c1ccc(Cl)cc1NCC(=O)NCC1(c2ccccc2)CC1. The Balaban J connectivity index is 1.56. The molecule has 1 saturated carbocycles. The van der Waals surface area contributed by atoms with Gasteiger partial charge in [-0.05, 0) is 36.6 Å². The first kappa shape index (κ1) is 17.3. The van der Waals surface area contributed by atoms with Gasteiger partial charge in [-0.3, -0.25) is 9.59 Å². The van der Waals surface area contributed by atoms with Crippen LogP contribution in [0.2, 0.25) is 5.02 Å². The molecular formula is C19H20ClN3O2. The van der Waals surface area contributed by atoms with E-state index < -0.39 is 5.91 Å². The molecule has 0 aromatic heterocycles. The molecule has 25 heavy (non-hydrogen) atoms. The van der Waals surface area contributed by atoms with Gasteiger partial charge in [-0.1, -0.05) is 41.9 Å². The molecule has 0 heterocycles. The molecule has 5 nitrogen and oxygen atoms in total. The van der Waals surface area contributed by atoms with Gasteiger partial charge in [0.2, 0.25) is 5.91 Å². The summed E-state index contributed by atoms with van der Waals surface area (Å²) in [7, 11) is 0. The van der Waals surface area contributed by atoms with Crippen LogP contribution in [0.3, 0.4) is 0 Å². The molecule has 0 atom stereocenters. The number of halogens is 1. The van der Waals surface area contributed by atoms with Crippen molar-refractivity contribution in [3.8, 4) is 0 Å². The summed E-state index contributed by atoms with van der Waals surface area (Å²) in [4.78, 5) is 23.6. The molecule has 6 heteroatoms. The summed E-state index contributed by atoms with van der Waals surface area (Å²) in [6.07, 6.45) is 2.15. The molecule has 1 fully saturated rings. The van der Waals surface area contributed by atoms with E-state index in [1.165, 1.54) is 5.56 Å². The van der Waals surface area contributed by atoms with E-state index in [1.807, 2.05) is 18.2 Å². The summed E-state index contributed by atoms with van der Waals surface area (Å²) in [6, 6.07) is 14.9. The predicted molar refractivity (Wildman–Crippen MR) is 98.8 cm³/mol. The Morgan fingerprint density at radius 1 is 1.12 bits per heavy atom. The number of nitrogens with two attached hydrogens (primary N) is 1. The standard InChI is InChI=1S/C19H20ClN3O2/c20-14-6-7-15(18(21)25)16(10-14)22-11-17(24)23-12-19(8-9-19)13-4-2-1-3-5-13/h1-7,10,22H,8-9,11-12H2,(H2,21,25)(H,23,24). The highest BCUT2D eigenvalue weighted by atomic mass is 35.5. The van der Waals surface area contributed by atoms with Gasteiger partial charge in [0, 0.05) is 22.7 Å². The van der Waals surface area contributed by atoms with Crippen LogP contribution in [0.4, 0.5) is 5.69 Å². The zero-order valence-electron chi connectivity index (χ0n) is 13.7. The molecule has 2 amide bonds. The summed E-state index contributed by atoms with van der Waals surface area (Å²) >= 11 is 5.94. The lowest BCUT2D eigenvalue weighted by atomic mass is 9.96. The van der Waals surface area contributed by atoms with Crippen molar-refractivity contribution in [2.75, 3.05) is 18.4 Å². The number of amides is 2. The third-order valence-electron chi connectivity index (χ3n) is 4.55. The minimum atomic E-state index is -0.569. The first-order chi connectivity index (χ1) is 12.0. The second-order valence-corrected chi connectivity index (χ2v) is 6.77. The van der Waals surface area contributed by atoms with Crippen LogP contribution in [0.1, 0.15) is 28.8 Å². The smallest absolute Gasteiger partial charge is 0.250 e. The van der Waals surface area contributed by atoms with Gasteiger partial charge in [-0.15, -0.1) is 0 Å². The summed E-state index contributed by atoms with van der Waals surface area (Å²) in [5.41, 5.74) is 7.42. The molecule has 0 spiro atoms. The molecule has 0 saturated heterocycles. The zero-order valence-corrected chi connectivity index (χ0v) is 14.5. The number of nitrogens with one attached hydrogen (secondary N) is 2. The third-order valence-corrected chi connectivity index (χ3v) is 4.79. The predicted octanol–water partition coefficient (Wildman–Crippen LogP) is 2.70. The Morgan fingerprint density at radius 3 is 2.48 bits per heavy atom. The molecule has 4 N–H and O–H groups in total. The first-order valence-electron chi connectivity index (χ1n) is 8.16. The van der Waals surface area contributed by atoms with E-state index in [-0.39, 0.29) is 17.9 Å². The fraction of sp³-hybridized carbons (Fsp3) is 0.263. The lowest BCUT2D eigenvalue weighted by Crippen LogP contribution is -2.36. The summed E-state index contributed by atoms with van der Waals surface area (Å²) in [6.45, 7) is 0.654. The number of hydrogen-bond donors (Lipinski definition) is 3. The number of benzene rings is 2.